The van der Waals surface area contributed by atoms with Gasteiger partial charge in [0.2, 0.25) is 0 Å². The summed E-state index contributed by atoms with van der Waals surface area (Å²) in [6.07, 6.45) is 4.82. The molecule has 0 bridgehead atoms. The van der Waals surface area contributed by atoms with Crippen LogP contribution in [0.15, 0.2) is 41.7 Å². The average molecular weight is 311 g/mol. The maximum Gasteiger partial charge on any atom is 0.260 e. The first-order chi connectivity index (χ1) is 11.0. The normalized spacial score (nSPS) is 11.1. The van der Waals surface area contributed by atoms with Gasteiger partial charge in [0.05, 0.1) is 29.1 Å². The zero-order valence-corrected chi connectivity index (χ0v) is 13.1. The summed E-state index contributed by atoms with van der Waals surface area (Å²) in [4.78, 5) is 28.5. The van der Waals surface area contributed by atoms with Crippen LogP contribution in [-0.2, 0) is 7.05 Å². The van der Waals surface area contributed by atoms with Crippen LogP contribution in [0, 0.1) is 0 Å². The van der Waals surface area contributed by atoms with Gasteiger partial charge in [-0.2, -0.15) is 5.10 Å². The molecule has 23 heavy (non-hydrogen) atoms. The lowest BCUT2D eigenvalue weighted by atomic mass is 10.1. The van der Waals surface area contributed by atoms with Crippen LogP contribution in [0.2, 0.25) is 0 Å². The summed E-state index contributed by atoms with van der Waals surface area (Å²) in [6.45, 7) is 4.02. The average Bonchev–Trinajstić information content (AvgIpc) is 2.99. The van der Waals surface area contributed by atoms with Crippen molar-refractivity contribution in [2.75, 3.05) is 5.32 Å². The first kappa shape index (κ1) is 15.0. The molecule has 1 aromatic carbocycles. The van der Waals surface area contributed by atoms with Gasteiger partial charge in [0, 0.05) is 24.8 Å². The standard InChI is InChI=1S/C16H17N5O2/c1-10(2)21-8-12(7-18-21)19-15(22)11-4-5-13-14(6-11)17-9-20(3)16(13)23/h4-10H,1-3H3,(H,19,22). The maximum atomic E-state index is 12.3. The van der Waals surface area contributed by atoms with Crippen molar-refractivity contribution in [1.82, 2.24) is 19.3 Å². The van der Waals surface area contributed by atoms with Crippen LogP contribution in [0.1, 0.15) is 30.2 Å². The Morgan fingerprint density at radius 1 is 1.30 bits per heavy atom. The quantitative estimate of drug-likeness (QED) is 0.801. The van der Waals surface area contributed by atoms with E-state index in [9.17, 15) is 9.59 Å². The van der Waals surface area contributed by atoms with E-state index in [4.69, 9.17) is 0 Å². The summed E-state index contributed by atoms with van der Waals surface area (Å²) in [7, 11) is 1.64. The number of hydrogen-bond donors (Lipinski definition) is 1. The molecule has 2 heterocycles. The van der Waals surface area contributed by atoms with Crippen molar-refractivity contribution in [2.24, 2.45) is 7.05 Å². The van der Waals surface area contributed by atoms with E-state index in [0.29, 0.717) is 22.2 Å². The van der Waals surface area contributed by atoms with E-state index in [0.717, 1.165) is 0 Å². The predicted molar refractivity (Wildman–Crippen MR) is 87.5 cm³/mol. The molecule has 3 rings (SSSR count). The summed E-state index contributed by atoms with van der Waals surface area (Å²) >= 11 is 0. The van der Waals surface area contributed by atoms with Crippen LogP contribution < -0.4 is 10.9 Å². The van der Waals surface area contributed by atoms with Gasteiger partial charge in [-0.05, 0) is 32.0 Å². The van der Waals surface area contributed by atoms with Crippen LogP contribution in [0.4, 0.5) is 5.69 Å². The molecule has 2 aromatic heterocycles. The number of hydrogen-bond acceptors (Lipinski definition) is 4. The number of nitrogens with zero attached hydrogens (tertiary/aromatic N) is 4. The number of benzene rings is 1. The van der Waals surface area contributed by atoms with E-state index >= 15 is 0 Å². The molecular formula is C16H17N5O2. The number of nitrogens with one attached hydrogen (secondary N) is 1. The Morgan fingerprint density at radius 2 is 2.09 bits per heavy atom. The summed E-state index contributed by atoms with van der Waals surface area (Å²) in [5.74, 6) is -0.266. The van der Waals surface area contributed by atoms with Crippen LogP contribution in [-0.4, -0.2) is 25.2 Å². The first-order valence-corrected chi connectivity index (χ1v) is 7.26. The van der Waals surface area contributed by atoms with Crippen LogP contribution in [0.3, 0.4) is 0 Å². The van der Waals surface area contributed by atoms with Crippen molar-refractivity contribution in [3.05, 3.63) is 52.8 Å². The number of fused-ring (bicyclic) bond motifs is 1. The molecule has 3 aromatic rings. The third-order valence-electron chi connectivity index (χ3n) is 3.57. The monoisotopic (exact) mass is 311 g/mol. The van der Waals surface area contributed by atoms with E-state index in [-0.39, 0.29) is 17.5 Å². The number of amides is 1. The Labute approximate surface area is 132 Å². The fourth-order valence-corrected chi connectivity index (χ4v) is 2.24. The van der Waals surface area contributed by atoms with E-state index in [2.05, 4.69) is 15.4 Å². The molecule has 0 aliphatic rings. The fraction of sp³-hybridized carbons (Fsp3) is 0.250. The Morgan fingerprint density at radius 3 is 2.78 bits per heavy atom. The molecule has 7 nitrogen and oxygen atoms in total. The minimum Gasteiger partial charge on any atom is -0.319 e. The van der Waals surface area contributed by atoms with Gasteiger partial charge in [0.15, 0.2) is 0 Å². The highest BCUT2D eigenvalue weighted by Crippen LogP contribution is 2.14. The SMILES string of the molecule is CC(C)n1cc(NC(=O)c2ccc3c(=O)n(C)cnc3c2)cn1. The second-order valence-corrected chi connectivity index (χ2v) is 5.65. The van der Waals surface area contributed by atoms with E-state index < -0.39 is 0 Å². The summed E-state index contributed by atoms with van der Waals surface area (Å²) in [5.41, 5.74) is 1.43. The highest BCUT2D eigenvalue weighted by atomic mass is 16.1. The molecule has 0 saturated heterocycles. The van der Waals surface area contributed by atoms with Crippen LogP contribution in [0.5, 0.6) is 0 Å². The second-order valence-electron chi connectivity index (χ2n) is 5.65. The molecule has 0 aliphatic heterocycles. The molecule has 0 saturated carbocycles. The lowest BCUT2D eigenvalue weighted by molar-refractivity contribution is 0.102. The summed E-state index contributed by atoms with van der Waals surface area (Å²) in [5, 5.41) is 7.46. The number of carbonyl (C=O) groups excluding carboxylic acids is 1. The van der Waals surface area contributed by atoms with Gasteiger partial charge in [-0.3, -0.25) is 14.3 Å². The third kappa shape index (κ3) is 2.85. The van der Waals surface area contributed by atoms with Gasteiger partial charge in [0.25, 0.3) is 11.5 Å². The van der Waals surface area contributed by atoms with Gasteiger partial charge in [0.1, 0.15) is 0 Å². The molecule has 0 radical (unpaired) electrons. The Hall–Kier alpha value is -2.96. The van der Waals surface area contributed by atoms with Crippen LogP contribution in [0.25, 0.3) is 10.9 Å². The molecular weight excluding hydrogens is 294 g/mol. The minimum absolute atomic E-state index is 0.139. The van der Waals surface area contributed by atoms with Crippen molar-refractivity contribution in [2.45, 2.75) is 19.9 Å². The zero-order chi connectivity index (χ0) is 16.6. The largest absolute Gasteiger partial charge is 0.319 e. The number of aryl methyl sites for hydroxylation is 1. The molecule has 0 aliphatic carbocycles. The highest BCUT2D eigenvalue weighted by molar-refractivity contribution is 6.05. The first-order valence-electron chi connectivity index (χ1n) is 7.26. The highest BCUT2D eigenvalue weighted by Gasteiger charge is 2.11. The lowest BCUT2D eigenvalue weighted by Gasteiger charge is -2.05. The lowest BCUT2D eigenvalue weighted by Crippen LogP contribution is -2.17. The van der Waals surface area contributed by atoms with Crippen molar-refractivity contribution < 1.29 is 4.79 Å². The van der Waals surface area contributed by atoms with E-state index in [1.54, 1.807) is 42.3 Å². The molecule has 1 amide bonds. The van der Waals surface area contributed by atoms with Crippen molar-refractivity contribution in [3.63, 3.8) is 0 Å². The number of rotatable bonds is 3. The third-order valence-corrected chi connectivity index (χ3v) is 3.57. The number of aromatic nitrogens is 4. The summed E-state index contributed by atoms with van der Waals surface area (Å²) < 4.78 is 3.17. The van der Waals surface area contributed by atoms with Crippen molar-refractivity contribution >= 4 is 22.5 Å². The Kier molecular flexibility index (Phi) is 3.69. The number of anilines is 1. The molecule has 7 heteroatoms. The van der Waals surface area contributed by atoms with Crippen molar-refractivity contribution in [1.29, 1.82) is 0 Å². The fourth-order valence-electron chi connectivity index (χ4n) is 2.24. The minimum atomic E-state index is -0.266. The van der Waals surface area contributed by atoms with E-state index in [1.807, 2.05) is 13.8 Å². The predicted octanol–water partition coefficient (Wildman–Crippen LogP) is 1.96. The number of carbonyl (C=O) groups is 1. The smallest absolute Gasteiger partial charge is 0.260 e. The topological polar surface area (TPSA) is 81.8 Å². The molecule has 0 spiro atoms. The molecule has 0 fully saturated rings. The molecule has 0 unspecified atom stereocenters. The summed E-state index contributed by atoms with van der Waals surface area (Å²) in [6, 6.07) is 5.07. The van der Waals surface area contributed by atoms with Crippen LogP contribution >= 0.6 is 0 Å². The Bertz CT molecular complexity index is 939. The molecule has 118 valence electrons. The molecule has 0 atom stereocenters. The van der Waals surface area contributed by atoms with Gasteiger partial charge in [-0.1, -0.05) is 0 Å². The van der Waals surface area contributed by atoms with Gasteiger partial charge >= 0.3 is 0 Å². The molecule has 1 N–H and O–H groups in total. The zero-order valence-electron chi connectivity index (χ0n) is 13.1. The van der Waals surface area contributed by atoms with Gasteiger partial charge in [-0.25, -0.2) is 4.98 Å². The van der Waals surface area contributed by atoms with Crippen molar-refractivity contribution in [3.8, 4) is 0 Å². The maximum absolute atomic E-state index is 12.3. The van der Waals surface area contributed by atoms with E-state index in [1.165, 1.54) is 10.9 Å². The van der Waals surface area contributed by atoms with Gasteiger partial charge < -0.3 is 9.88 Å². The second kappa shape index (κ2) is 5.68. The Balaban J connectivity index is 1.88. The van der Waals surface area contributed by atoms with Gasteiger partial charge in [-0.15, -0.1) is 0 Å².